The van der Waals surface area contributed by atoms with Gasteiger partial charge in [-0.1, -0.05) is 5.16 Å². The number of aromatic nitrogens is 2. The van der Waals surface area contributed by atoms with Crippen LogP contribution < -0.4 is 0 Å². The van der Waals surface area contributed by atoms with Crippen LogP contribution in [-0.4, -0.2) is 10.1 Å². The van der Waals surface area contributed by atoms with Gasteiger partial charge in [-0.2, -0.15) is 4.98 Å². The highest BCUT2D eigenvalue weighted by atomic mass is 19.1. The van der Waals surface area contributed by atoms with E-state index in [1.165, 1.54) is 6.07 Å². The van der Waals surface area contributed by atoms with E-state index < -0.39 is 11.6 Å². The molecule has 0 aliphatic carbocycles. The van der Waals surface area contributed by atoms with Crippen molar-refractivity contribution >= 4 is 0 Å². The normalized spacial score (nSPS) is 10.5. The molecule has 0 bridgehead atoms. The second-order valence-electron chi connectivity index (χ2n) is 2.76. The van der Waals surface area contributed by atoms with Gasteiger partial charge in [0.25, 0.3) is 0 Å². The van der Waals surface area contributed by atoms with Crippen molar-refractivity contribution in [1.82, 2.24) is 10.1 Å². The average Bonchev–Trinajstić information content (AvgIpc) is 2.51. The lowest BCUT2D eigenvalue weighted by molar-refractivity contribution is 0.394. The lowest BCUT2D eigenvalue weighted by Gasteiger charge is -1.96. The first-order valence-electron chi connectivity index (χ1n) is 3.92. The van der Waals surface area contributed by atoms with Gasteiger partial charge in [-0.15, -0.1) is 0 Å². The summed E-state index contributed by atoms with van der Waals surface area (Å²) in [5.74, 6) is -0.874. The predicted octanol–water partition coefficient (Wildman–Crippen LogP) is 2.32. The molecule has 1 aromatic heterocycles. The average molecular weight is 196 g/mol. The van der Waals surface area contributed by atoms with Crippen LogP contribution in [0.5, 0.6) is 0 Å². The molecule has 0 aliphatic heterocycles. The third-order valence-electron chi connectivity index (χ3n) is 1.70. The molecule has 14 heavy (non-hydrogen) atoms. The van der Waals surface area contributed by atoms with E-state index in [1.807, 2.05) is 0 Å². The van der Waals surface area contributed by atoms with Gasteiger partial charge in [0.2, 0.25) is 11.7 Å². The standard InChI is InChI=1S/C9H6F2N2O/c1-5-12-9(13-14-5)7-3-2-6(10)4-8(7)11/h2-4H,1H3. The van der Waals surface area contributed by atoms with Crippen LogP contribution in [0.4, 0.5) is 8.78 Å². The van der Waals surface area contributed by atoms with Crippen molar-refractivity contribution in [2.45, 2.75) is 6.92 Å². The van der Waals surface area contributed by atoms with E-state index in [9.17, 15) is 8.78 Å². The zero-order chi connectivity index (χ0) is 10.1. The van der Waals surface area contributed by atoms with E-state index in [1.54, 1.807) is 6.92 Å². The molecule has 2 rings (SSSR count). The Morgan fingerprint density at radius 2 is 2.07 bits per heavy atom. The summed E-state index contributed by atoms with van der Waals surface area (Å²) in [6.07, 6.45) is 0. The van der Waals surface area contributed by atoms with Gasteiger partial charge in [0.15, 0.2) is 0 Å². The number of halogens is 2. The Bertz CT molecular complexity index is 468. The van der Waals surface area contributed by atoms with Crippen molar-refractivity contribution in [3.8, 4) is 11.4 Å². The summed E-state index contributed by atoms with van der Waals surface area (Å²) in [5.41, 5.74) is 0.128. The van der Waals surface area contributed by atoms with Crippen molar-refractivity contribution in [3.63, 3.8) is 0 Å². The lowest BCUT2D eigenvalue weighted by atomic mass is 10.2. The van der Waals surface area contributed by atoms with Gasteiger partial charge in [-0.25, -0.2) is 8.78 Å². The number of nitrogens with zero attached hydrogens (tertiary/aromatic N) is 2. The van der Waals surface area contributed by atoms with Crippen LogP contribution in [0, 0.1) is 18.6 Å². The highest BCUT2D eigenvalue weighted by Gasteiger charge is 2.11. The Kier molecular flexibility index (Phi) is 1.99. The van der Waals surface area contributed by atoms with Gasteiger partial charge in [-0.05, 0) is 12.1 Å². The smallest absolute Gasteiger partial charge is 0.223 e. The van der Waals surface area contributed by atoms with Gasteiger partial charge in [-0.3, -0.25) is 0 Å². The Labute approximate surface area is 78.4 Å². The predicted molar refractivity (Wildman–Crippen MR) is 44.4 cm³/mol. The fraction of sp³-hybridized carbons (Fsp3) is 0.111. The zero-order valence-corrected chi connectivity index (χ0v) is 7.29. The third kappa shape index (κ3) is 1.48. The van der Waals surface area contributed by atoms with E-state index in [0.29, 0.717) is 5.89 Å². The van der Waals surface area contributed by atoms with Gasteiger partial charge in [0.05, 0.1) is 5.56 Å². The van der Waals surface area contributed by atoms with Gasteiger partial charge >= 0.3 is 0 Å². The minimum absolute atomic E-state index is 0.125. The fourth-order valence-electron chi connectivity index (χ4n) is 1.08. The summed E-state index contributed by atoms with van der Waals surface area (Å²) in [6.45, 7) is 1.60. The summed E-state index contributed by atoms with van der Waals surface area (Å²) in [7, 11) is 0. The van der Waals surface area contributed by atoms with Crippen molar-refractivity contribution in [3.05, 3.63) is 35.7 Å². The van der Waals surface area contributed by atoms with Crippen molar-refractivity contribution in [1.29, 1.82) is 0 Å². The highest BCUT2D eigenvalue weighted by Crippen LogP contribution is 2.20. The van der Waals surface area contributed by atoms with Crippen LogP contribution in [0.15, 0.2) is 22.7 Å². The van der Waals surface area contributed by atoms with E-state index >= 15 is 0 Å². The quantitative estimate of drug-likeness (QED) is 0.702. The maximum atomic E-state index is 13.2. The highest BCUT2D eigenvalue weighted by molar-refractivity contribution is 5.54. The van der Waals surface area contributed by atoms with Crippen molar-refractivity contribution < 1.29 is 13.3 Å². The van der Waals surface area contributed by atoms with E-state index in [4.69, 9.17) is 0 Å². The van der Waals surface area contributed by atoms with Gasteiger partial charge in [0, 0.05) is 13.0 Å². The Balaban J connectivity index is 2.52. The molecular formula is C9H6F2N2O. The van der Waals surface area contributed by atoms with Crippen molar-refractivity contribution in [2.75, 3.05) is 0 Å². The molecule has 0 radical (unpaired) electrons. The van der Waals surface area contributed by atoms with Crippen LogP contribution in [0.2, 0.25) is 0 Å². The summed E-state index contributed by atoms with van der Waals surface area (Å²) >= 11 is 0. The van der Waals surface area contributed by atoms with E-state index in [-0.39, 0.29) is 11.4 Å². The van der Waals surface area contributed by atoms with E-state index in [0.717, 1.165) is 12.1 Å². The number of rotatable bonds is 1. The maximum Gasteiger partial charge on any atom is 0.223 e. The summed E-state index contributed by atoms with van der Waals surface area (Å²) in [6, 6.07) is 3.19. The second-order valence-corrected chi connectivity index (χ2v) is 2.76. The molecule has 1 heterocycles. The van der Waals surface area contributed by atoms with Crippen molar-refractivity contribution in [2.24, 2.45) is 0 Å². The fourth-order valence-corrected chi connectivity index (χ4v) is 1.08. The van der Waals surface area contributed by atoms with Crippen LogP contribution in [-0.2, 0) is 0 Å². The molecule has 72 valence electrons. The molecule has 0 unspecified atom stereocenters. The summed E-state index contributed by atoms with van der Waals surface area (Å²) in [4.78, 5) is 3.83. The Morgan fingerprint density at radius 1 is 1.29 bits per heavy atom. The number of hydrogen-bond donors (Lipinski definition) is 0. The first kappa shape index (κ1) is 8.80. The molecule has 0 N–H and O–H groups in total. The van der Waals surface area contributed by atoms with Crippen LogP contribution in [0.3, 0.4) is 0 Å². The number of benzene rings is 1. The molecule has 0 fully saturated rings. The molecule has 0 saturated carbocycles. The molecule has 3 nitrogen and oxygen atoms in total. The molecular weight excluding hydrogens is 190 g/mol. The van der Waals surface area contributed by atoms with Crippen LogP contribution >= 0.6 is 0 Å². The van der Waals surface area contributed by atoms with E-state index in [2.05, 4.69) is 14.7 Å². The first-order chi connectivity index (χ1) is 6.66. The molecule has 5 heteroatoms. The minimum Gasteiger partial charge on any atom is -0.339 e. The molecule has 2 aromatic rings. The molecule has 0 atom stereocenters. The summed E-state index contributed by atoms with van der Waals surface area (Å²) in [5, 5.41) is 3.53. The molecule has 0 amide bonds. The van der Waals surface area contributed by atoms with Crippen LogP contribution in [0.1, 0.15) is 5.89 Å². The van der Waals surface area contributed by atoms with Crippen LogP contribution in [0.25, 0.3) is 11.4 Å². The SMILES string of the molecule is Cc1nc(-c2ccc(F)cc2F)no1. The maximum absolute atomic E-state index is 13.2. The number of aryl methyl sites for hydroxylation is 1. The Morgan fingerprint density at radius 3 is 2.64 bits per heavy atom. The topological polar surface area (TPSA) is 38.9 Å². The summed E-state index contributed by atoms with van der Waals surface area (Å²) < 4.78 is 30.4. The molecule has 0 spiro atoms. The second kappa shape index (κ2) is 3.17. The van der Waals surface area contributed by atoms with Gasteiger partial charge < -0.3 is 4.52 Å². The lowest BCUT2D eigenvalue weighted by Crippen LogP contribution is -1.87. The third-order valence-corrected chi connectivity index (χ3v) is 1.70. The molecule has 1 aromatic carbocycles. The van der Waals surface area contributed by atoms with Gasteiger partial charge in [0.1, 0.15) is 11.6 Å². The zero-order valence-electron chi connectivity index (χ0n) is 7.29. The molecule has 0 saturated heterocycles. The number of hydrogen-bond acceptors (Lipinski definition) is 3. The molecule has 0 aliphatic rings. The Hall–Kier alpha value is -1.78. The minimum atomic E-state index is -0.703. The monoisotopic (exact) mass is 196 g/mol. The first-order valence-corrected chi connectivity index (χ1v) is 3.92. The largest absolute Gasteiger partial charge is 0.339 e.